The van der Waals surface area contributed by atoms with E-state index in [1.165, 1.54) is 3.57 Å². The van der Waals surface area contributed by atoms with Gasteiger partial charge in [0.05, 0.1) is 0 Å². The Hall–Kier alpha value is 0.190. The average Bonchev–Trinajstić information content (AvgIpc) is 2.11. The molecule has 0 aliphatic carbocycles. The number of anilines is 1. The van der Waals surface area contributed by atoms with E-state index < -0.39 is 0 Å². The molecular weight excluding hydrogens is 343 g/mol. The molecule has 4 heteroatoms. The molecule has 0 saturated carbocycles. The van der Waals surface area contributed by atoms with Gasteiger partial charge in [-0.3, -0.25) is 0 Å². The molecule has 1 aromatic carbocycles. The zero-order valence-corrected chi connectivity index (χ0v) is 11.1. The molecule has 0 aliphatic heterocycles. The highest BCUT2D eigenvalue weighted by Gasteiger charge is 2.03. The van der Waals surface area contributed by atoms with E-state index in [1.807, 2.05) is 6.07 Å². The summed E-state index contributed by atoms with van der Waals surface area (Å²) in [5, 5.41) is 3.34. The number of hydrogen-bond acceptors (Lipinski definition) is 2. The fraction of sp³-hybridized carbons (Fsp3) is 0.333. The Morgan fingerprint density at radius 1 is 1.62 bits per heavy atom. The van der Waals surface area contributed by atoms with Crippen LogP contribution < -0.4 is 11.1 Å². The Morgan fingerprint density at radius 3 is 2.92 bits per heavy atom. The van der Waals surface area contributed by atoms with Gasteiger partial charge in [-0.05, 0) is 47.7 Å². The Morgan fingerprint density at radius 2 is 2.31 bits per heavy atom. The molecule has 3 N–H and O–H groups in total. The second kappa shape index (κ2) is 5.17. The second-order valence-electron chi connectivity index (χ2n) is 2.91. The Bertz CT molecular complexity index is 291. The summed E-state index contributed by atoms with van der Waals surface area (Å²) in [6.07, 6.45) is 0. The average molecular weight is 355 g/mol. The van der Waals surface area contributed by atoms with Crippen molar-refractivity contribution in [1.29, 1.82) is 0 Å². The van der Waals surface area contributed by atoms with Crippen molar-refractivity contribution in [2.75, 3.05) is 11.9 Å². The molecule has 0 radical (unpaired) electrons. The van der Waals surface area contributed by atoms with Crippen molar-refractivity contribution in [2.45, 2.75) is 13.0 Å². The zero-order chi connectivity index (χ0) is 9.84. The molecule has 2 nitrogen and oxygen atoms in total. The fourth-order valence-corrected chi connectivity index (χ4v) is 1.78. The molecule has 0 fully saturated rings. The van der Waals surface area contributed by atoms with E-state index in [2.05, 4.69) is 62.9 Å². The molecule has 1 unspecified atom stereocenters. The van der Waals surface area contributed by atoms with Crippen LogP contribution in [0.1, 0.15) is 6.92 Å². The van der Waals surface area contributed by atoms with Crippen LogP contribution >= 0.6 is 38.5 Å². The number of hydrogen-bond donors (Lipinski definition) is 2. The van der Waals surface area contributed by atoms with Gasteiger partial charge in [-0.1, -0.05) is 15.9 Å². The number of halogens is 2. The SMILES string of the molecule is CC(CN)Nc1cc(Br)ccc1I. The first-order valence-corrected chi connectivity index (χ1v) is 5.92. The molecule has 1 rings (SSSR count). The van der Waals surface area contributed by atoms with Crippen molar-refractivity contribution in [3.63, 3.8) is 0 Å². The van der Waals surface area contributed by atoms with Gasteiger partial charge in [-0.25, -0.2) is 0 Å². The van der Waals surface area contributed by atoms with E-state index in [-0.39, 0.29) is 0 Å². The topological polar surface area (TPSA) is 38.0 Å². The molecule has 1 atom stereocenters. The highest BCUT2D eigenvalue weighted by molar-refractivity contribution is 14.1. The summed E-state index contributed by atoms with van der Waals surface area (Å²) in [5.74, 6) is 0. The van der Waals surface area contributed by atoms with Gasteiger partial charge in [0.15, 0.2) is 0 Å². The lowest BCUT2D eigenvalue weighted by molar-refractivity contribution is 0.803. The van der Waals surface area contributed by atoms with Crippen LogP contribution in [0.4, 0.5) is 5.69 Å². The summed E-state index contributed by atoms with van der Waals surface area (Å²) in [6.45, 7) is 2.71. The lowest BCUT2D eigenvalue weighted by Crippen LogP contribution is -2.25. The Balaban J connectivity index is 2.81. The van der Waals surface area contributed by atoms with E-state index in [0.717, 1.165) is 10.2 Å². The molecule has 0 saturated heterocycles. The van der Waals surface area contributed by atoms with Crippen molar-refractivity contribution in [3.8, 4) is 0 Å². The van der Waals surface area contributed by atoms with Crippen molar-refractivity contribution in [1.82, 2.24) is 0 Å². The predicted octanol–water partition coefficient (Wildman–Crippen LogP) is 2.81. The van der Waals surface area contributed by atoms with E-state index in [9.17, 15) is 0 Å². The normalized spacial score (nSPS) is 12.6. The van der Waals surface area contributed by atoms with Gasteiger partial charge in [-0.2, -0.15) is 0 Å². The highest BCUT2D eigenvalue weighted by Crippen LogP contribution is 2.23. The molecule has 1 aromatic rings. The first-order valence-electron chi connectivity index (χ1n) is 4.05. The smallest absolute Gasteiger partial charge is 0.0489 e. The third-order valence-corrected chi connectivity index (χ3v) is 3.12. The fourth-order valence-electron chi connectivity index (χ4n) is 0.932. The zero-order valence-electron chi connectivity index (χ0n) is 7.35. The van der Waals surface area contributed by atoms with Crippen LogP contribution in [-0.4, -0.2) is 12.6 Å². The quantitative estimate of drug-likeness (QED) is 0.819. The number of nitrogens with one attached hydrogen (secondary N) is 1. The van der Waals surface area contributed by atoms with E-state index in [4.69, 9.17) is 5.73 Å². The molecule has 0 aliphatic rings. The summed E-state index contributed by atoms with van der Waals surface area (Å²) >= 11 is 5.74. The maximum atomic E-state index is 5.53. The summed E-state index contributed by atoms with van der Waals surface area (Å²) in [4.78, 5) is 0. The minimum atomic E-state index is 0.308. The van der Waals surface area contributed by atoms with E-state index in [1.54, 1.807) is 0 Å². The Kier molecular flexibility index (Phi) is 4.48. The highest BCUT2D eigenvalue weighted by atomic mass is 127. The summed E-state index contributed by atoms with van der Waals surface area (Å²) in [6, 6.07) is 6.47. The molecule has 0 bridgehead atoms. The molecule has 0 amide bonds. The van der Waals surface area contributed by atoms with Crippen LogP contribution in [0.15, 0.2) is 22.7 Å². The largest absolute Gasteiger partial charge is 0.380 e. The number of nitrogens with two attached hydrogens (primary N) is 1. The molecule has 0 spiro atoms. The molecule has 13 heavy (non-hydrogen) atoms. The van der Waals surface area contributed by atoms with E-state index >= 15 is 0 Å². The maximum absolute atomic E-state index is 5.53. The third-order valence-electron chi connectivity index (χ3n) is 1.68. The second-order valence-corrected chi connectivity index (χ2v) is 4.98. The summed E-state index contributed by atoms with van der Waals surface area (Å²) < 4.78 is 2.29. The predicted molar refractivity (Wildman–Crippen MR) is 69.0 cm³/mol. The van der Waals surface area contributed by atoms with Crippen molar-refractivity contribution in [2.24, 2.45) is 5.73 Å². The molecule has 0 aromatic heterocycles. The van der Waals surface area contributed by atoms with Gasteiger partial charge in [0, 0.05) is 26.3 Å². The van der Waals surface area contributed by atoms with Gasteiger partial charge in [0.1, 0.15) is 0 Å². The summed E-state index contributed by atoms with van der Waals surface area (Å²) in [5.41, 5.74) is 6.66. The van der Waals surface area contributed by atoms with Gasteiger partial charge in [0.2, 0.25) is 0 Å². The lowest BCUT2D eigenvalue weighted by atomic mass is 10.3. The molecular formula is C9H12BrIN2. The van der Waals surface area contributed by atoms with Gasteiger partial charge in [0.25, 0.3) is 0 Å². The first kappa shape index (κ1) is 11.3. The molecule has 0 heterocycles. The molecule has 72 valence electrons. The van der Waals surface area contributed by atoms with Crippen LogP contribution in [0.2, 0.25) is 0 Å². The minimum Gasteiger partial charge on any atom is -0.380 e. The van der Waals surface area contributed by atoms with Crippen LogP contribution in [0.5, 0.6) is 0 Å². The monoisotopic (exact) mass is 354 g/mol. The van der Waals surface area contributed by atoms with Crippen molar-refractivity contribution < 1.29 is 0 Å². The minimum absolute atomic E-state index is 0.308. The van der Waals surface area contributed by atoms with Crippen LogP contribution in [0.25, 0.3) is 0 Å². The van der Waals surface area contributed by atoms with Crippen LogP contribution in [0, 0.1) is 3.57 Å². The van der Waals surface area contributed by atoms with Gasteiger partial charge >= 0.3 is 0 Å². The van der Waals surface area contributed by atoms with Gasteiger partial charge < -0.3 is 11.1 Å². The van der Waals surface area contributed by atoms with Crippen LogP contribution in [-0.2, 0) is 0 Å². The van der Waals surface area contributed by atoms with Crippen molar-refractivity contribution in [3.05, 3.63) is 26.2 Å². The third kappa shape index (κ3) is 3.44. The van der Waals surface area contributed by atoms with Gasteiger partial charge in [-0.15, -0.1) is 0 Å². The maximum Gasteiger partial charge on any atom is 0.0489 e. The lowest BCUT2D eigenvalue weighted by Gasteiger charge is -2.14. The summed E-state index contributed by atoms with van der Waals surface area (Å²) in [7, 11) is 0. The standard InChI is InChI=1S/C9H12BrIN2/c1-6(5-12)13-9-4-7(10)2-3-8(9)11/h2-4,6,13H,5,12H2,1H3. The first-order chi connectivity index (χ1) is 6.13. The Labute approximate surface area is 101 Å². The van der Waals surface area contributed by atoms with Crippen molar-refractivity contribution >= 4 is 44.2 Å². The number of rotatable bonds is 3. The number of benzene rings is 1. The van der Waals surface area contributed by atoms with E-state index in [0.29, 0.717) is 12.6 Å². The van der Waals surface area contributed by atoms with Crippen LogP contribution in [0.3, 0.4) is 0 Å².